The molecule has 3 aromatic heterocycles. The van der Waals surface area contributed by atoms with Crippen molar-refractivity contribution in [1.29, 1.82) is 0 Å². The predicted molar refractivity (Wildman–Crippen MR) is 86.6 cm³/mol. The highest BCUT2D eigenvalue weighted by molar-refractivity contribution is 5.96. The van der Waals surface area contributed by atoms with E-state index in [9.17, 15) is 0 Å². The number of anilines is 1. The van der Waals surface area contributed by atoms with Crippen LogP contribution in [0.5, 0.6) is 0 Å². The number of hydrogen-bond acceptors (Lipinski definition) is 5. The Morgan fingerprint density at radius 3 is 3.05 bits per heavy atom. The van der Waals surface area contributed by atoms with Gasteiger partial charge in [0.1, 0.15) is 12.0 Å². The number of aromatic nitrogens is 5. The zero-order valence-corrected chi connectivity index (χ0v) is 12.0. The molecule has 3 heterocycles. The average molecular weight is 290 g/mol. The van der Waals surface area contributed by atoms with Crippen molar-refractivity contribution >= 4 is 27.9 Å². The van der Waals surface area contributed by atoms with E-state index < -0.39 is 0 Å². The van der Waals surface area contributed by atoms with Crippen LogP contribution in [0.15, 0.2) is 43.1 Å². The van der Waals surface area contributed by atoms with Crippen LogP contribution in [0.1, 0.15) is 6.92 Å². The quantitative estimate of drug-likeness (QED) is 0.606. The second-order valence-electron chi connectivity index (χ2n) is 4.98. The maximum Gasteiger partial charge on any atom is 0.224 e. The van der Waals surface area contributed by atoms with Crippen molar-refractivity contribution < 1.29 is 0 Å². The summed E-state index contributed by atoms with van der Waals surface area (Å²) >= 11 is 0. The summed E-state index contributed by atoms with van der Waals surface area (Å²) in [6.07, 6.45) is 7.18. The summed E-state index contributed by atoms with van der Waals surface area (Å²) in [7, 11) is 0. The molecule has 0 bridgehead atoms. The Morgan fingerprint density at radius 1 is 1.18 bits per heavy atom. The monoisotopic (exact) mass is 290 g/mol. The lowest BCUT2D eigenvalue weighted by Crippen LogP contribution is -2.01. The topological polar surface area (TPSA) is 79.4 Å². The summed E-state index contributed by atoms with van der Waals surface area (Å²) < 4.78 is 0. The van der Waals surface area contributed by atoms with E-state index in [1.165, 1.54) is 0 Å². The van der Waals surface area contributed by atoms with E-state index in [2.05, 4.69) is 42.4 Å². The molecular weight excluding hydrogens is 276 g/mol. The largest absolute Gasteiger partial charge is 0.354 e. The lowest BCUT2D eigenvalue weighted by atomic mass is 10.0. The molecule has 0 spiro atoms. The number of rotatable bonds is 3. The second-order valence-corrected chi connectivity index (χ2v) is 4.98. The normalized spacial score (nSPS) is 11.1. The van der Waals surface area contributed by atoms with Gasteiger partial charge in [-0.05, 0) is 24.6 Å². The molecular formula is C16H14N6. The average Bonchev–Trinajstić information content (AvgIpc) is 2.98. The highest BCUT2D eigenvalue weighted by Crippen LogP contribution is 2.29. The third-order valence-electron chi connectivity index (χ3n) is 3.58. The molecule has 22 heavy (non-hydrogen) atoms. The minimum Gasteiger partial charge on any atom is -0.354 e. The molecule has 0 saturated carbocycles. The molecule has 0 amide bonds. The Labute approximate surface area is 126 Å². The van der Waals surface area contributed by atoms with Crippen LogP contribution < -0.4 is 5.32 Å². The van der Waals surface area contributed by atoms with Crippen LogP contribution in [0, 0.1) is 0 Å². The lowest BCUT2D eigenvalue weighted by Gasteiger charge is -2.03. The molecule has 6 heteroatoms. The Kier molecular flexibility index (Phi) is 2.93. The maximum absolute atomic E-state index is 4.47. The fourth-order valence-electron chi connectivity index (χ4n) is 2.54. The van der Waals surface area contributed by atoms with E-state index >= 15 is 0 Å². The van der Waals surface area contributed by atoms with Crippen molar-refractivity contribution in [3.8, 4) is 11.1 Å². The van der Waals surface area contributed by atoms with E-state index in [0.717, 1.165) is 39.6 Å². The SMILES string of the molecule is CCNc1ncc2c(-c3ccc4ncncc4c3)c[nH]c2n1. The summed E-state index contributed by atoms with van der Waals surface area (Å²) in [6, 6.07) is 6.13. The van der Waals surface area contributed by atoms with Gasteiger partial charge in [0.25, 0.3) is 0 Å². The Hall–Kier alpha value is -3.02. The van der Waals surface area contributed by atoms with Crippen LogP contribution in [-0.4, -0.2) is 31.5 Å². The zero-order chi connectivity index (χ0) is 14.9. The van der Waals surface area contributed by atoms with E-state index in [1.54, 1.807) is 6.33 Å². The van der Waals surface area contributed by atoms with E-state index in [-0.39, 0.29) is 0 Å². The van der Waals surface area contributed by atoms with Crippen LogP contribution in [-0.2, 0) is 0 Å². The molecule has 2 N–H and O–H groups in total. The number of fused-ring (bicyclic) bond motifs is 2. The molecule has 0 radical (unpaired) electrons. The molecule has 0 saturated heterocycles. The first kappa shape index (κ1) is 12.7. The molecule has 0 aliphatic heterocycles. The van der Waals surface area contributed by atoms with Crippen molar-refractivity contribution in [3.05, 3.63) is 43.1 Å². The summed E-state index contributed by atoms with van der Waals surface area (Å²) in [5.41, 5.74) is 3.92. The van der Waals surface area contributed by atoms with Crippen LogP contribution >= 0.6 is 0 Å². The predicted octanol–water partition coefficient (Wildman–Crippen LogP) is 3.00. The first-order valence-electron chi connectivity index (χ1n) is 7.13. The Balaban J connectivity index is 1.85. The number of H-pyrrole nitrogens is 1. The number of aromatic amines is 1. The molecule has 0 fully saturated rings. The molecule has 0 aliphatic rings. The number of benzene rings is 1. The van der Waals surface area contributed by atoms with Gasteiger partial charge in [0.2, 0.25) is 5.95 Å². The number of nitrogens with zero attached hydrogens (tertiary/aromatic N) is 4. The minimum atomic E-state index is 0.635. The minimum absolute atomic E-state index is 0.635. The van der Waals surface area contributed by atoms with Crippen molar-refractivity contribution in [2.24, 2.45) is 0 Å². The van der Waals surface area contributed by atoms with E-state index in [1.807, 2.05) is 31.6 Å². The molecule has 4 rings (SSSR count). The fourth-order valence-corrected chi connectivity index (χ4v) is 2.54. The summed E-state index contributed by atoms with van der Waals surface area (Å²) in [4.78, 5) is 20.4. The third-order valence-corrected chi connectivity index (χ3v) is 3.58. The van der Waals surface area contributed by atoms with Crippen molar-refractivity contribution in [2.75, 3.05) is 11.9 Å². The van der Waals surface area contributed by atoms with Crippen molar-refractivity contribution in [1.82, 2.24) is 24.9 Å². The van der Waals surface area contributed by atoms with Gasteiger partial charge in [0, 0.05) is 41.5 Å². The molecule has 6 nitrogen and oxygen atoms in total. The Morgan fingerprint density at radius 2 is 2.14 bits per heavy atom. The third kappa shape index (κ3) is 2.05. The standard InChI is InChI=1S/C16H14N6/c1-2-18-16-20-8-13-12(7-19-15(13)22-16)10-3-4-14-11(5-10)6-17-9-21-14/h3-9H,2H2,1H3,(H2,18,19,20,22). The smallest absolute Gasteiger partial charge is 0.224 e. The molecule has 0 aliphatic carbocycles. The van der Waals surface area contributed by atoms with Gasteiger partial charge in [-0.1, -0.05) is 6.07 Å². The summed E-state index contributed by atoms with van der Waals surface area (Å²) in [5.74, 6) is 0.635. The lowest BCUT2D eigenvalue weighted by molar-refractivity contribution is 1.10. The van der Waals surface area contributed by atoms with Gasteiger partial charge in [0.15, 0.2) is 0 Å². The zero-order valence-electron chi connectivity index (χ0n) is 12.0. The van der Waals surface area contributed by atoms with Gasteiger partial charge < -0.3 is 10.3 Å². The molecule has 1 aromatic carbocycles. The van der Waals surface area contributed by atoms with Crippen molar-refractivity contribution in [3.63, 3.8) is 0 Å². The van der Waals surface area contributed by atoms with Gasteiger partial charge in [-0.25, -0.2) is 15.0 Å². The number of nitrogens with one attached hydrogen (secondary N) is 2. The van der Waals surface area contributed by atoms with Gasteiger partial charge in [-0.3, -0.25) is 0 Å². The molecule has 4 aromatic rings. The van der Waals surface area contributed by atoms with E-state index in [4.69, 9.17) is 0 Å². The molecule has 0 unspecified atom stereocenters. The summed E-state index contributed by atoms with van der Waals surface area (Å²) in [5, 5.41) is 5.13. The fraction of sp³-hybridized carbons (Fsp3) is 0.125. The van der Waals surface area contributed by atoms with Crippen LogP contribution in [0.4, 0.5) is 5.95 Å². The first-order chi connectivity index (χ1) is 10.8. The highest BCUT2D eigenvalue weighted by atomic mass is 15.1. The van der Waals surface area contributed by atoms with Gasteiger partial charge >= 0.3 is 0 Å². The second kappa shape index (κ2) is 5.07. The van der Waals surface area contributed by atoms with Gasteiger partial charge in [-0.2, -0.15) is 4.98 Å². The molecule has 108 valence electrons. The molecule has 0 atom stereocenters. The van der Waals surface area contributed by atoms with Crippen LogP contribution in [0.2, 0.25) is 0 Å². The van der Waals surface area contributed by atoms with Gasteiger partial charge in [-0.15, -0.1) is 0 Å². The van der Waals surface area contributed by atoms with Crippen LogP contribution in [0.25, 0.3) is 33.1 Å². The highest BCUT2D eigenvalue weighted by Gasteiger charge is 2.09. The van der Waals surface area contributed by atoms with Gasteiger partial charge in [0.05, 0.1) is 5.52 Å². The summed E-state index contributed by atoms with van der Waals surface area (Å²) in [6.45, 7) is 2.81. The maximum atomic E-state index is 4.47. The van der Waals surface area contributed by atoms with Crippen molar-refractivity contribution in [2.45, 2.75) is 6.92 Å². The Bertz CT molecular complexity index is 959. The first-order valence-corrected chi connectivity index (χ1v) is 7.13. The van der Waals surface area contributed by atoms with E-state index in [0.29, 0.717) is 5.95 Å². The number of hydrogen-bond donors (Lipinski definition) is 2. The van der Waals surface area contributed by atoms with Crippen LogP contribution in [0.3, 0.4) is 0 Å².